The van der Waals surface area contributed by atoms with Gasteiger partial charge in [0, 0.05) is 36.1 Å². The van der Waals surface area contributed by atoms with Gasteiger partial charge in [0.05, 0.1) is 13.2 Å². The number of phosphoric ester groups is 1. The van der Waals surface area contributed by atoms with Crippen molar-refractivity contribution < 1.29 is 57.1 Å². The summed E-state index contributed by atoms with van der Waals surface area (Å²) in [5.74, 6) is -3.07. The van der Waals surface area contributed by atoms with E-state index < -0.39 is 57.7 Å². The summed E-state index contributed by atoms with van der Waals surface area (Å²) in [5.41, 5.74) is 6.70. The van der Waals surface area contributed by atoms with Crippen LogP contribution in [0.1, 0.15) is 84.6 Å². The zero-order chi connectivity index (χ0) is 34.7. The van der Waals surface area contributed by atoms with E-state index in [-0.39, 0.29) is 24.5 Å². The molecular weight excluding hydrogens is 635 g/mol. The summed E-state index contributed by atoms with van der Waals surface area (Å²) in [7, 11) is -4.75. The van der Waals surface area contributed by atoms with Crippen LogP contribution in [0.4, 0.5) is 0 Å². The minimum atomic E-state index is -4.75. The Hall–Kier alpha value is -3.94. The van der Waals surface area contributed by atoms with E-state index in [0.29, 0.717) is 48.9 Å². The predicted octanol–water partition coefficient (Wildman–Crippen LogP) is 3.79. The summed E-state index contributed by atoms with van der Waals surface area (Å²) in [6.07, 6.45) is 2.79. The van der Waals surface area contributed by atoms with Crippen molar-refractivity contribution >= 4 is 37.4 Å². The molecule has 0 saturated carbocycles. The van der Waals surface area contributed by atoms with Crippen molar-refractivity contribution in [2.75, 3.05) is 26.4 Å². The molecule has 0 aromatic heterocycles. The van der Waals surface area contributed by atoms with Crippen LogP contribution >= 0.6 is 7.82 Å². The van der Waals surface area contributed by atoms with Crippen LogP contribution in [0.3, 0.4) is 0 Å². The highest BCUT2D eigenvalue weighted by molar-refractivity contribution is 7.47. The summed E-state index contributed by atoms with van der Waals surface area (Å²) in [6, 6.07) is 13.7. The maximum Gasteiger partial charge on any atom is 0.472 e. The third-order valence-electron chi connectivity index (χ3n) is 6.66. The molecule has 14 nitrogen and oxygen atoms in total. The molecule has 0 aliphatic carbocycles. The van der Waals surface area contributed by atoms with Crippen LogP contribution in [0.2, 0.25) is 0 Å². The highest BCUT2D eigenvalue weighted by atomic mass is 31.2. The normalized spacial score (nSPS) is 13.5. The molecule has 0 fully saturated rings. The topological polar surface area (TPSA) is 218 Å². The van der Waals surface area contributed by atoms with Crippen molar-refractivity contribution in [3.8, 4) is 0 Å². The van der Waals surface area contributed by atoms with E-state index in [1.54, 1.807) is 48.5 Å². The molecule has 2 rings (SSSR count). The summed E-state index contributed by atoms with van der Waals surface area (Å²) >= 11 is 0. The van der Waals surface area contributed by atoms with Crippen molar-refractivity contribution in [2.45, 2.75) is 70.4 Å². The molecule has 2 aromatic carbocycles. The first-order valence-electron chi connectivity index (χ1n) is 15.3. The first-order chi connectivity index (χ1) is 22.4. The molecule has 0 aliphatic heterocycles. The van der Waals surface area contributed by atoms with E-state index in [4.69, 9.17) is 24.8 Å². The second kappa shape index (κ2) is 21.0. The number of carbonyl (C=O) groups excluding carboxylic acids is 4. The molecule has 1 amide bonds. The molecule has 0 heterocycles. The van der Waals surface area contributed by atoms with Crippen molar-refractivity contribution in [3.05, 3.63) is 71.3 Å². The average molecular weight is 679 g/mol. The quantitative estimate of drug-likeness (QED) is 0.0570. The maximum absolute atomic E-state index is 12.5. The van der Waals surface area contributed by atoms with E-state index >= 15 is 0 Å². The zero-order valence-corrected chi connectivity index (χ0v) is 27.2. The summed E-state index contributed by atoms with van der Waals surface area (Å²) in [6.45, 7) is 0.429. The number of aliphatic carboxylic acids is 1. The lowest BCUT2D eigenvalue weighted by Gasteiger charge is -2.20. The first kappa shape index (κ1) is 39.2. The van der Waals surface area contributed by atoms with E-state index in [0.717, 1.165) is 12.8 Å². The molecule has 5 N–H and O–H groups in total. The average Bonchev–Trinajstić information content (AvgIpc) is 3.06. The highest BCUT2D eigenvalue weighted by Gasteiger charge is 2.28. The van der Waals surface area contributed by atoms with Gasteiger partial charge in [-0.3, -0.25) is 33.0 Å². The van der Waals surface area contributed by atoms with Gasteiger partial charge in [-0.2, -0.15) is 0 Å². The molecule has 3 atom stereocenters. The Bertz CT molecular complexity index is 1350. The van der Waals surface area contributed by atoms with Crippen LogP contribution < -0.4 is 11.1 Å². The molecule has 1 unspecified atom stereocenters. The number of ether oxygens (including phenoxy) is 2. The smallest absolute Gasteiger partial charge is 0.472 e. The Morgan fingerprint density at radius 2 is 1.38 bits per heavy atom. The van der Waals surface area contributed by atoms with Crippen LogP contribution in [0.25, 0.3) is 0 Å². The second-order valence-electron chi connectivity index (χ2n) is 10.6. The van der Waals surface area contributed by atoms with Crippen LogP contribution in [0.5, 0.6) is 0 Å². The lowest BCUT2D eigenvalue weighted by molar-refractivity contribution is -0.161. The fourth-order valence-corrected chi connectivity index (χ4v) is 4.78. The highest BCUT2D eigenvalue weighted by Crippen LogP contribution is 2.43. The molecule has 0 aliphatic rings. The number of carboxylic acids is 1. The van der Waals surface area contributed by atoms with Crippen LogP contribution in [0, 0.1) is 0 Å². The summed E-state index contributed by atoms with van der Waals surface area (Å²) in [5, 5.41) is 11.6. The summed E-state index contributed by atoms with van der Waals surface area (Å²) in [4.78, 5) is 70.1. The third kappa shape index (κ3) is 15.9. The third-order valence-corrected chi connectivity index (χ3v) is 7.61. The number of benzene rings is 2. The molecule has 0 bridgehead atoms. The van der Waals surface area contributed by atoms with Crippen LogP contribution in [-0.4, -0.2) is 78.1 Å². The van der Waals surface area contributed by atoms with Crippen molar-refractivity contribution in [1.29, 1.82) is 0 Å². The fraction of sp³-hybridized carbons (Fsp3) is 0.469. The largest absolute Gasteiger partial charge is 0.480 e. The Kier molecular flexibility index (Phi) is 17.6. The molecule has 47 heavy (non-hydrogen) atoms. The molecule has 2 aromatic rings. The van der Waals surface area contributed by atoms with Gasteiger partial charge in [-0.15, -0.1) is 0 Å². The van der Waals surface area contributed by atoms with E-state index in [1.165, 1.54) is 0 Å². The molecule has 15 heteroatoms. The Morgan fingerprint density at radius 1 is 0.787 bits per heavy atom. The number of nitrogens with one attached hydrogen (secondary N) is 1. The van der Waals surface area contributed by atoms with Crippen molar-refractivity contribution in [1.82, 2.24) is 5.32 Å². The maximum atomic E-state index is 12.5. The molecule has 0 saturated heterocycles. The minimum absolute atomic E-state index is 0.0392. The van der Waals surface area contributed by atoms with Gasteiger partial charge in [-0.05, 0) is 31.4 Å². The fourth-order valence-electron chi connectivity index (χ4n) is 4.00. The lowest BCUT2D eigenvalue weighted by atomic mass is 10.0. The van der Waals surface area contributed by atoms with Gasteiger partial charge in [0.25, 0.3) is 5.91 Å². The van der Waals surface area contributed by atoms with Gasteiger partial charge in [-0.25, -0.2) is 4.57 Å². The minimum Gasteiger partial charge on any atom is -0.480 e. The lowest BCUT2D eigenvalue weighted by Crippen LogP contribution is -2.34. The van der Waals surface area contributed by atoms with Gasteiger partial charge in [0.15, 0.2) is 11.9 Å². The van der Waals surface area contributed by atoms with Crippen molar-refractivity contribution in [3.63, 3.8) is 0 Å². The zero-order valence-electron chi connectivity index (χ0n) is 26.3. The number of unbranched alkanes of at least 4 members (excludes halogenated alkanes) is 4. The van der Waals surface area contributed by atoms with E-state index in [2.05, 4.69) is 9.84 Å². The predicted molar refractivity (Wildman–Crippen MR) is 169 cm³/mol. The van der Waals surface area contributed by atoms with Crippen LogP contribution in [0.15, 0.2) is 54.6 Å². The number of rotatable bonds is 23. The summed E-state index contributed by atoms with van der Waals surface area (Å²) < 4.78 is 31.9. The van der Waals surface area contributed by atoms with Gasteiger partial charge in [0.1, 0.15) is 12.6 Å². The standard InChI is InChI=1S/C32H43N2O12P/c1-2-3-6-14-29(36)46-26(21-44-47(41,42)45-22-27(33)32(39)40)20-43-28(35)13-9-5-10-19-34-31(38)25-17-15-24(16-18-25)30(37)23-11-7-4-8-12-23/h4,7-8,11-12,15-18,26-27H,2-3,5-6,9-10,13-14,19-22,33H2,1H3,(H,34,38)(H,39,40)(H,41,42)/t26-,27-/m0/s1. The molecule has 258 valence electrons. The van der Waals surface area contributed by atoms with Gasteiger partial charge in [-0.1, -0.05) is 68.7 Å². The SMILES string of the molecule is CCCCCC(=O)O[C@@H](COC(=O)CCCCCNC(=O)c1ccc(C(=O)c2ccccc2)cc1)COP(=O)(O)OC[C@H](N)C(=O)O. The van der Waals surface area contributed by atoms with Crippen molar-refractivity contribution in [2.24, 2.45) is 5.73 Å². The number of ketones is 1. The first-order valence-corrected chi connectivity index (χ1v) is 16.8. The number of phosphoric acid groups is 1. The second-order valence-corrected chi connectivity index (χ2v) is 12.0. The Balaban J connectivity index is 1.72. The molecule has 0 spiro atoms. The molecule has 0 radical (unpaired) electrons. The van der Waals surface area contributed by atoms with Gasteiger partial charge in [0.2, 0.25) is 0 Å². The number of hydrogen-bond donors (Lipinski definition) is 4. The number of nitrogens with two attached hydrogens (primary N) is 1. The number of carboxylic acid groups (broad SMARTS) is 1. The van der Waals surface area contributed by atoms with Gasteiger partial charge < -0.3 is 30.5 Å². The Morgan fingerprint density at radius 3 is 2.04 bits per heavy atom. The van der Waals surface area contributed by atoms with E-state index in [9.17, 15) is 33.4 Å². The van der Waals surface area contributed by atoms with Crippen LogP contribution in [-0.2, 0) is 37.5 Å². The van der Waals surface area contributed by atoms with E-state index in [1.807, 2.05) is 13.0 Å². The number of hydrogen-bond acceptors (Lipinski definition) is 11. The molecular formula is C32H43N2O12P. The number of esters is 2. The Labute approximate surface area is 273 Å². The number of amides is 1. The van der Waals surface area contributed by atoms with Gasteiger partial charge >= 0.3 is 25.7 Å². The monoisotopic (exact) mass is 678 g/mol. The number of carbonyl (C=O) groups is 5.